The van der Waals surface area contributed by atoms with E-state index in [2.05, 4.69) is 4.74 Å². The Balaban J connectivity index is 1.85. The van der Waals surface area contributed by atoms with Crippen LogP contribution in [0.4, 0.5) is 18.9 Å². The fourth-order valence-corrected chi connectivity index (χ4v) is 3.90. The number of ketones is 1. The summed E-state index contributed by atoms with van der Waals surface area (Å²) in [6, 6.07) is 16.7. The molecule has 1 heterocycles. The van der Waals surface area contributed by atoms with E-state index in [0.29, 0.717) is 5.56 Å². The molecular weight excluding hydrogens is 463 g/mol. The van der Waals surface area contributed by atoms with Crippen molar-refractivity contribution in [3.63, 3.8) is 0 Å². The Kier molecular flexibility index (Phi) is 6.17. The number of ether oxygens (including phenoxy) is 1. The molecule has 4 rings (SSSR count). The minimum Gasteiger partial charge on any atom is -0.507 e. The molecule has 0 bridgehead atoms. The molecule has 0 aromatic heterocycles. The van der Waals surface area contributed by atoms with E-state index in [4.69, 9.17) is 0 Å². The van der Waals surface area contributed by atoms with Crippen LogP contribution >= 0.6 is 0 Å². The van der Waals surface area contributed by atoms with Gasteiger partial charge in [-0.2, -0.15) is 13.2 Å². The number of anilines is 1. The van der Waals surface area contributed by atoms with Gasteiger partial charge in [-0.15, -0.1) is 0 Å². The summed E-state index contributed by atoms with van der Waals surface area (Å²) in [4.78, 5) is 38.9. The summed E-state index contributed by atoms with van der Waals surface area (Å²) >= 11 is 0. The van der Waals surface area contributed by atoms with E-state index < -0.39 is 41.2 Å². The highest BCUT2D eigenvalue weighted by Crippen LogP contribution is 2.42. The molecule has 35 heavy (non-hydrogen) atoms. The molecule has 1 fully saturated rings. The van der Waals surface area contributed by atoms with Gasteiger partial charge >= 0.3 is 12.1 Å². The molecule has 3 aromatic rings. The van der Waals surface area contributed by atoms with Crippen LogP contribution in [0.25, 0.3) is 5.76 Å². The van der Waals surface area contributed by atoms with E-state index in [0.717, 1.165) is 29.2 Å². The maximum absolute atomic E-state index is 13.1. The van der Waals surface area contributed by atoms with Crippen molar-refractivity contribution in [2.75, 3.05) is 12.0 Å². The lowest BCUT2D eigenvalue weighted by Gasteiger charge is -2.25. The quantitative estimate of drug-likeness (QED) is 0.242. The number of hydrogen-bond donors (Lipinski definition) is 1. The lowest BCUT2D eigenvalue weighted by molar-refractivity contribution is -0.137. The predicted molar refractivity (Wildman–Crippen MR) is 120 cm³/mol. The van der Waals surface area contributed by atoms with Crippen molar-refractivity contribution < 1.29 is 37.4 Å². The predicted octanol–water partition coefficient (Wildman–Crippen LogP) is 5.12. The fraction of sp³-hybridized carbons (Fsp3) is 0.115. The zero-order chi connectivity index (χ0) is 25.3. The molecule has 9 heteroatoms. The molecular formula is C26H18F3NO5. The molecule has 1 unspecified atom stereocenters. The standard InChI is InChI=1S/C26H18F3NO5/c1-35-25(34)17-9-7-16(8-10-17)22(31)20-21(15-5-3-2-4-6-15)30(24(33)23(20)32)19-13-11-18(12-14-19)26(27,28)29/h2-14,21,31H,1H3/b22-20-. The van der Waals surface area contributed by atoms with Gasteiger partial charge in [0.05, 0.1) is 29.9 Å². The third-order valence-corrected chi connectivity index (χ3v) is 5.61. The van der Waals surface area contributed by atoms with Gasteiger partial charge in [-0.05, 0) is 42.0 Å². The first-order valence-corrected chi connectivity index (χ1v) is 10.4. The maximum atomic E-state index is 13.1. The van der Waals surface area contributed by atoms with Crippen molar-refractivity contribution in [1.29, 1.82) is 0 Å². The highest BCUT2D eigenvalue weighted by Gasteiger charge is 2.47. The number of aliphatic hydroxyl groups is 1. The van der Waals surface area contributed by atoms with Crippen molar-refractivity contribution in [2.45, 2.75) is 12.2 Å². The van der Waals surface area contributed by atoms with E-state index in [1.807, 2.05) is 0 Å². The number of aliphatic hydroxyl groups excluding tert-OH is 1. The number of nitrogens with zero attached hydrogens (tertiary/aromatic N) is 1. The lowest BCUT2D eigenvalue weighted by atomic mass is 9.95. The Hall–Kier alpha value is -4.40. The number of halogens is 3. The van der Waals surface area contributed by atoms with Crippen LogP contribution in [0.15, 0.2) is 84.4 Å². The van der Waals surface area contributed by atoms with E-state index in [-0.39, 0.29) is 22.4 Å². The number of methoxy groups -OCH3 is 1. The van der Waals surface area contributed by atoms with Gasteiger partial charge in [-0.25, -0.2) is 4.79 Å². The van der Waals surface area contributed by atoms with Gasteiger partial charge in [-0.3, -0.25) is 14.5 Å². The molecule has 1 N–H and O–H groups in total. The van der Waals surface area contributed by atoms with Gasteiger partial charge in [0.1, 0.15) is 5.76 Å². The number of esters is 1. The Bertz CT molecular complexity index is 1310. The number of rotatable bonds is 4. The van der Waals surface area contributed by atoms with Crippen molar-refractivity contribution in [3.05, 3.63) is 107 Å². The van der Waals surface area contributed by atoms with Crippen LogP contribution in [0, 0.1) is 0 Å². The normalized spacial score (nSPS) is 17.5. The second-order valence-corrected chi connectivity index (χ2v) is 7.69. The molecule has 0 radical (unpaired) electrons. The molecule has 1 amide bonds. The summed E-state index contributed by atoms with van der Waals surface area (Å²) in [7, 11) is 1.22. The molecule has 1 aliphatic heterocycles. The van der Waals surface area contributed by atoms with Crippen molar-refractivity contribution >= 4 is 29.1 Å². The van der Waals surface area contributed by atoms with Crippen molar-refractivity contribution in [1.82, 2.24) is 0 Å². The highest BCUT2D eigenvalue weighted by atomic mass is 19.4. The summed E-state index contributed by atoms with van der Waals surface area (Å²) in [6.45, 7) is 0. The van der Waals surface area contributed by atoms with Crippen LogP contribution in [0.1, 0.15) is 33.1 Å². The van der Waals surface area contributed by atoms with Gasteiger partial charge in [0.25, 0.3) is 11.7 Å². The first-order chi connectivity index (χ1) is 16.6. The molecule has 178 valence electrons. The molecule has 0 spiro atoms. The van der Waals surface area contributed by atoms with Gasteiger partial charge in [0, 0.05) is 11.3 Å². The summed E-state index contributed by atoms with van der Waals surface area (Å²) in [5, 5.41) is 11.1. The van der Waals surface area contributed by atoms with Gasteiger partial charge in [0.15, 0.2) is 0 Å². The molecule has 6 nitrogen and oxygen atoms in total. The largest absolute Gasteiger partial charge is 0.507 e. The van der Waals surface area contributed by atoms with Gasteiger partial charge in [-0.1, -0.05) is 42.5 Å². The summed E-state index contributed by atoms with van der Waals surface area (Å²) in [5.74, 6) is -3.06. The molecule has 1 atom stereocenters. The first-order valence-electron chi connectivity index (χ1n) is 10.4. The lowest BCUT2D eigenvalue weighted by Crippen LogP contribution is -2.29. The second-order valence-electron chi connectivity index (χ2n) is 7.69. The summed E-state index contributed by atoms with van der Waals surface area (Å²) < 4.78 is 43.7. The van der Waals surface area contributed by atoms with Crippen LogP contribution < -0.4 is 4.90 Å². The van der Waals surface area contributed by atoms with Crippen molar-refractivity contribution in [3.8, 4) is 0 Å². The second kappa shape index (κ2) is 9.09. The van der Waals surface area contributed by atoms with Crippen LogP contribution in [-0.2, 0) is 20.5 Å². The van der Waals surface area contributed by atoms with Crippen LogP contribution in [0.2, 0.25) is 0 Å². The third kappa shape index (κ3) is 4.40. The number of carbonyl (C=O) groups excluding carboxylic acids is 3. The number of alkyl halides is 3. The minimum atomic E-state index is -4.57. The van der Waals surface area contributed by atoms with Gasteiger partial charge < -0.3 is 9.84 Å². The minimum absolute atomic E-state index is 0.0639. The number of benzene rings is 3. The van der Waals surface area contributed by atoms with E-state index in [1.54, 1.807) is 30.3 Å². The topological polar surface area (TPSA) is 83.9 Å². The average molecular weight is 481 g/mol. The Labute approximate surface area is 197 Å². The number of carbonyl (C=O) groups is 3. The summed E-state index contributed by atoms with van der Waals surface area (Å²) in [5.41, 5.74) is -0.210. The van der Waals surface area contributed by atoms with E-state index >= 15 is 0 Å². The molecule has 0 aliphatic carbocycles. The van der Waals surface area contributed by atoms with Gasteiger partial charge in [0.2, 0.25) is 0 Å². The van der Waals surface area contributed by atoms with E-state index in [1.165, 1.54) is 31.4 Å². The Morgan fingerprint density at radius 3 is 2.00 bits per heavy atom. The monoisotopic (exact) mass is 481 g/mol. The number of amides is 1. The number of Topliss-reactive ketones (excluding diaryl/α,β-unsaturated/α-hetero) is 1. The zero-order valence-corrected chi connectivity index (χ0v) is 18.2. The smallest absolute Gasteiger partial charge is 0.416 e. The molecule has 3 aromatic carbocycles. The van der Waals surface area contributed by atoms with Crippen LogP contribution in [0.5, 0.6) is 0 Å². The number of hydrogen-bond acceptors (Lipinski definition) is 5. The first kappa shape index (κ1) is 23.7. The van der Waals surface area contributed by atoms with Crippen LogP contribution in [-0.4, -0.2) is 29.9 Å². The zero-order valence-electron chi connectivity index (χ0n) is 18.2. The summed E-state index contributed by atoms with van der Waals surface area (Å²) in [6.07, 6.45) is -4.57. The van der Waals surface area contributed by atoms with Crippen LogP contribution in [0.3, 0.4) is 0 Å². The Morgan fingerprint density at radius 2 is 1.46 bits per heavy atom. The maximum Gasteiger partial charge on any atom is 0.416 e. The highest BCUT2D eigenvalue weighted by molar-refractivity contribution is 6.51. The molecule has 0 saturated carbocycles. The fourth-order valence-electron chi connectivity index (χ4n) is 3.90. The Morgan fingerprint density at radius 1 is 0.886 bits per heavy atom. The molecule has 1 aliphatic rings. The SMILES string of the molecule is COC(=O)c1ccc(/C(O)=C2/C(=O)C(=O)N(c3ccc(C(F)(F)F)cc3)C2c2ccccc2)cc1. The van der Waals surface area contributed by atoms with Crippen molar-refractivity contribution in [2.24, 2.45) is 0 Å². The molecule has 1 saturated heterocycles. The third-order valence-electron chi connectivity index (χ3n) is 5.61. The van der Waals surface area contributed by atoms with E-state index in [9.17, 15) is 32.7 Å². The average Bonchev–Trinajstić information content (AvgIpc) is 3.13.